The number of rotatable bonds is 6. The fourth-order valence-electron chi connectivity index (χ4n) is 2.68. The second kappa shape index (κ2) is 8.36. The first-order valence-electron chi connectivity index (χ1n) is 8.38. The number of ether oxygens (including phenoxy) is 1. The second-order valence-electron chi connectivity index (χ2n) is 5.96. The van der Waals surface area contributed by atoms with Crippen molar-refractivity contribution in [2.24, 2.45) is 0 Å². The van der Waals surface area contributed by atoms with Gasteiger partial charge in [0, 0.05) is 12.6 Å². The van der Waals surface area contributed by atoms with Gasteiger partial charge in [0.05, 0.1) is 17.7 Å². The number of H-pyrrole nitrogens is 1. The Morgan fingerprint density at radius 1 is 1.32 bits per heavy atom. The summed E-state index contributed by atoms with van der Waals surface area (Å²) in [5.41, 5.74) is 0.994. The molecule has 0 spiro atoms. The normalized spacial score (nSPS) is 11.7. The second-order valence-corrected chi connectivity index (χ2v) is 7.30. The fraction of sp³-hybridized carbons (Fsp3) is 0.222. The lowest BCUT2D eigenvalue weighted by molar-refractivity contribution is -0.118. The van der Waals surface area contributed by atoms with Gasteiger partial charge in [0.25, 0.3) is 0 Å². The molecular weight excluding hydrogens is 398 g/mol. The summed E-state index contributed by atoms with van der Waals surface area (Å²) in [6.07, 6.45) is 0. The van der Waals surface area contributed by atoms with Gasteiger partial charge in [0.1, 0.15) is 11.8 Å². The number of nitrogens with one attached hydrogen (secondary N) is 3. The lowest BCUT2D eigenvalue weighted by Crippen LogP contribution is -2.24. The predicted octanol–water partition coefficient (Wildman–Crippen LogP) is 3.84. The van der Waals surface area contributed by atoms with Crippen LogP contribution in [0.15, 0.2) is 35.7 Å². The molecule has 146 valence electrons. The molecule has 28 heavy (non-hydrogen) atoms. The van der Waals surface area contributed by atoms with Gasteiger partial charge in [-0.2, -0.15) is 5.10 Å². The Labute approximate surface area is 170 Å². The molecule has 2 aromatic heterocycles. The van der Waals surface area contributed by atoms with Crippen LogP contribution in [0.4, 0.5) is 11.4 Å². The van der Waals surface area contributed by atoms with Gasteiger partial charge in [-0.1, -0.05) is 6.07 Å². The number of carbonyl (C=O) groups is 2. The third kappa shape index (κ3) is 4.12. The number of nitrogens with zero attached hydrogens (tertiary/aromatic N) is 2. The van der Waals surface area contributed by atoms with Crippen molar-refractivity contribution in [3.05, 3.63) is 40.5 Å². The number of aromatic nitrogens is 3. The average Bonchev–Trinajstić information content (AvgIpc) is 3.30. The zero-order chi connectivity index (χ0) is 20.3. The number of benzene rings is 1. The number of methoxy groups -OCH3 is 1. The first-order chi connectivity index (χ1) is 13.4. The number of aromatic amines is 1. The van der Waals surface area contributed by atoms with Crippen LogP contribution in [0.2, 0.25) is 0 Å². The molecule has 1 unspecified atom stereocenters. The zero-order valence-electron chi connectivity index (χ0n) is 15.5. The van der Waals surface area contributed by atoms with Crippen LogP contribution in [-0.2, 0) is 9.59 Å². The van der Waals surface area contributed by atoms with Crippen LogP contribution in [0.3, 0.4) is 0 Å². The van der Waals surface area contributed by atoms with Crippen LogP contribution >= 0.6 is 23.6 Å². The minimum absolute atomic E-state index is 0.236. The van der Waals surface area contributed by atoms with Crippen LogP contribution in [0.5, 0.6) is 5.75 Å². The van der Waals surface area contributed by atoms with Crippen molar-refractivity contribution >= 4 is 46.7 Å². The summed E-state index contributed by atoms with van der Waals surface area (Å²) in [5, 5.41) is 14.5. The molecule has 10 heteroatoms. The van der Waals surface area contributed by atoms with E-state index in [0.29, 0.717) is 27.7 Å². The van der Waals surface area contributed by atoms with Gasteiger partial charge in [0.2, 0.25) is 11.8 Å². The fourth-order valence-corrected chi connectivity index (χ4v) is 3.68. The summed E-state index contributed by atoms with van der Waals surface area (Å²) in [6.45, 7) is 3.15. The third-order valence-corrected chi connectivity index (χ3v) is 5.14. The molecule has 2 heterocycles. The van der Waals surface area contributed by atoms with Gasteiger partial charge in [-0.05, 0) is 48.8 Å². The van der Waals surface area contributed by atoms with Crippen LogP contribution in [0.1, 0.15) is 19.9 Å². The van der Waals surface area contributed by atoms with E-state index in [2.05, 4.69) is 20.8 Å². The maximum Gasteiger partial charge on any atom is 0.247 e. The Bertz CT molecular complexity index is 1060. The van der Waals surface area contributed by atoms with Gasteiger partial charge >= 0.3 is 0 Å². The summed E-state index contributed by atoms with van der Waals surface area (Å²) in [5.74, 6) is 0.601. The van der Waals surface area contributed by atoms with Crippen LogP contribution in [-0.4, -0.2) is 33.7 Å². The van der Waals surface area contributed by atoms with E-state index >= 15 is 0 Å². The standard InChI is InChI=1S/C18H19N5O3S2/c1-10(23-16(21-22-18(23)27)15-5-4-8-28-15)17(25)20-12-6-7-14(26-3)13(9-12)19-11(2)24/h4-10H,1-3H3,(H,19,24)(H,20,25)(H,22,27). The molecule has 1 aromatic carbocycles. The molecule has 0 saturated heterocycles. The molecule has 0 aliphatic rings. The van der Waals surface area contributed by atoms with Crippen molar-refractivity contribution in [1.82, 2.24) is 14.8 Å². The highest BCUT2D eigenvalue weighted by atomic mass is 32.1. The topological polar surface area (TPSA) is 101 Å². The molecule has 3 aromatic rings. The van der Waals surface area contributed by atoms with Crippen molar-refractivity contribution < 1.29 is 14.3 Å². The first-order valence-corrected chi connectivity index (χ1v) is 9.66. The van der Waals surface area contributed by atoms with Crippen molar-refractivity contribution in [2.75, 3.05) is 17.7 Å². The summed E-state index contributed by atoms with van der Waals surface area (Å²) in [7, 11) is 1.51. The molecule has 0 radical (unpaired) electrons. The SMILES string of the molecule is COc1ccc(NC(=O)C(C)n2c(-c3cccs3)n[nH]c2=S)cc1NC(C)=O. The molecular formula is C18H19N5O3S2. The van der Waals surface area contributed by atoms with Crippen molar-refractivity contribution in [3.8, 4) is 16.5 Å². The third-order valence-electron chi connectivity index (χ3n) is 3.99. The minimum atomic E-state index is -0.602. The highest BCUT2D eigenvalue weighted by molar-refractivity contribution is 7.71. The van der Waals surface area contributed by atoms with E-state index in [1.807, 2.05) is 17.5 Å². The average molecular weight is 418 g/mol. The number of thiophene rings is 1. The van der Waals surface area contributed by atoms with Crippen LogP contribution in [0.25, 0.3) is 10.7 Å². The largest absolute Gasteiger partial charge is 0.495 e. The molecule has 0 aliphatic carbocycles. The van der Waals surface area contributed by atoms with Gasteiger partial charge in [-0.3, -0.25) is 19.3 Å². The minimum Gasteiger partial charge on any atom is -0.495 e. The van der Waals surface area contributed by atoms with Gasteiger partial charge < -0.3 is 15.4 Å². The first kappa shape index (κ1) is 19.8. The molecule has 0 aliphatic heterocycles. The van der Waals surface area contributed by atoms with Gasteiger partial charge in [0.15, 0.2) is 10.6 Å². The molecule has 3 rings (SSSR count). The summed E-state index contributed by atoms with van der Waals surface area (Å²) in [6, 6.07) is 8.23. The summed E-state index contributed by atoms with van der Waals surface area (Å²) < 4.78 is 7.26. The molecule has 2 amide bonds. The molecule has 0 fully saturated rings. The van der Waals surface area contributed by atoms with Crippen molar-refractivity contribution in [3.63, 3.8) is 0 Å². The number of amides is 2. The molecule has 3 N–H and O–H groups in total. The highest BCUT2D eigenvalue weighted by Gasteiger charge is 2.22. The Morgan fingerprint density at radius 3 is 2.75 bits per heavy atom. The summed E-state index contributed by atoms with van der Waals surface area (Å²) >= 11 is 6.83. The Balaban J connectivity index is 1.85. The lowest BCUT2D eigenvalue weighted by atomic mass is 10.2. The Kier molecular flexibility index (Phi) is 5.90. The van der Waals surface area contributed by atoms with E-state index in [9.17, 15) is 9.59 Å². The highest BCUT2D eigenvalue weighted by Crippen LogP contribution is 2.29. The number of carbonyl (C=O) groups excluding carboxylic acids is 2. The zero-order valence-corrected chi connectivity index (χ0v) is 17.1. The smallest absolute Gasteiger partial charge is 0.247 e. The Hall–Kier alpha value is -2.98. The van der Waals surface area contributed by atoms with Crippen LogP contribution in [0, 0.1) is 4.77 Å². The quantitative estimate of drug-likeness (QED) is 0.529. The number of hydrogen-bond acceptors (Lipinski definition) is 6. The molecule has 0 bridgehead atoms. The lowest BCUT2D eigenvalue weighted by Gasteiger charge is -2.16. The number of anilines is 2. The molecule has 1 atom stereocenters. The van der Waals surface area contributed by atoms with Crippen molar-refractivity contribution in [2.45, 2.75) is 19.9 Å². The predicted molar refractivity (Wildman–Crippen MR) is 111 cm³/mol. The maximum absolute atomic E-state index is 12.8. The van der Waals surface area contributed by atoms with Crippen molar-refractivity contribution in [1.29, 1.82) is 0 Å². The molecule has 8 nitrogen and oxygen atoms in total. The maximum atomic E-state index is 12.8. The monoisotopic (exact) mass is 417 g/mol. The van der Waals surface area contributed by atoms with E-state index in [1.54, 1.807) is 29.7 Å². The number of hydrogen-bond donors (Lipinski definition) is 3. The van der Waals surface area contributed by atoms with Gasteiger partial charge in [-0.15, -0.1) is 11.3 Å². The van der Waals surface area contributed by atoms with E-state index < -0.39 is 6.04 Å². The van der Waals surface area contributed by atoms with E-state index in [0.717, 1.165) is 4.88 Å². The Morgan fingerprint density at radius 2 is 2.11 bits per heavy atom. The van der Waals surface area contributed by atoms with Gasteiger partial charge in [-0.25, -0.2) is 0 Å². The molecule has 0 saturated carbocycles. The van der Waals surface area contributed by atoms with Crippen LogP contribution < -0.4 is 15.4 Å². The van der Waals surface area contributed by atoms with E-state index in [1.165, 1.54) is 25.4 Å². The summed E-state index contributed by atoms with van der Waals surface area (Å²) in [4.78, 5) is 25.1. The van der Waals surface area contributed by atoms with E-state index in [4.69, 9.17) is 17.0 Å². The van der Waals surface area contributed by atoms with E-state index in [-0.39, 0.29) is 11.8 Å².